The number of aryl methyl sites for hydroxylation is 1. The van der Waals surface area contributed by atoms with E-state index in [-0.39, 0.29) is 18.0 Å². The molecule has 0 fully saturated rings. The van der Waals surface area contributed by atoms with E-state index in [2.05, 4.69) is 29.1 Å². The Kier molecular flexibility index (Phi) is 3.84. The number of anilines is 1. The second-order valence-electron chi connectivity index (χ2n) is 6.56. The molecule has 0 aliphatic carbocycles. The molecular weight excluding hydrogens is 312 g/mol. The maximum Gasteiger partial charge on any atom is 0.260 e. The molecule has 1 aromatic heterocycles. The summed E-state index contributed by atoms with van der Waals surface area (Å²) in [4.78, 5) is 19.2. The topological polar surface area (TPSA) is 51.0 Å². The van der Waals surface area contributed by atoms with E-state index in [9.17, 15) is 4.79 Å². The van der Waals surface area contributed by atoms with Crippen LogP contribution < -0.4 is 4.90 Å². The van der Waals surface area contributed by atoms with Crippen LogP contribution in [0, 0.1) is 6.92 Å². The van der Waals surface area contributed by atoms with Crippen molar-refractivity contribution in [1.29, 1.82) is 0 Å². The van der Waals surface area contributed by atoms with Gasteiger partial charge in [0.15, 0.2) is 0 Å². The van der Waals surface area contributed by atoms with E-state index in [1.165, 1.54) is 11.9 Å². The van der Waals surface area contributed by atoms with Crippen LogP contribution in [0.2, 0.25) is 0 Å². The molecule has 2 atom stereocenters. The van der Waals surface area contributed by atoms with Crippen molar-refractivity contribution in [3.8, 4) is 0 Å². The number of benzene rings is 2. The Balaban J connectivity index is 1.73. The van der Waals surface area contributed by atoms with Gasteiger partial charge in [0.2, 0.25) is 5.95 Å². The first-order valence-corrected chi connectivity index (χ1v) is 8.50. The van der Waals surface area contributed by atoms with Crippen molar-refractivity contribution in [3.63, 3.8) is 0 Å². The predicted octanol–water partition coefficient (Wildman–Crippen LogP) is 3.61. The van der Waals surface area contributed by atoms with Crippen LogP contribution in [0.5, 0.6) is 0 Å². The molecule has 25 heavy (non-hydrogen) atoms. The van der Waals surface area contributed by atoms with E-state index in [0.29, 0.717) is 11.5 Å². The van der Waals surface area contributed by atoms with Gasteiger partial charge in [0.05, 0.1) is 6.04 Å². The average Bonchev–Trinajstić information content (AvgIpc) is 3.11. The van der Waals surface area contributed by atoms with Crippen LogP contribution in [-0.2, 0) is 0 Å². The summed E-state index contributed by atoms with van der Waals surface area (Å²) in [5.74, 6) is 0.575. The highest BCUT2D eigenvalue weighted by Crippen LogP contribution is 2.35. The van der Waals surface area contributed by atoms with Gasteiger partial charge < -0.3 is 0 Å². The number of nitrogens with zero attached hydrogens (tertiary/aromatic N) is 4. The molecule has 0 saturated heterocycles. The summed E-state index contributed by atoms with van der Waals surface area (Å²) in [5, 5.41) is 4.40. The van der Waals surface area contributed by atoms with Gasteiger partial charge in [0, 0.05) is 11.6 Å². The van der Waals surface area contributed by atoms with Gasteiger partial charge in [-0.15, -0.1) is 0 Å². The lowest BCUT2D eigenvalue weighted by atomic mass is 9.97. The standard InChI is InChI=1S/C20H20N4O/c1-14-8-10-17(11-9-14)19(25)23-15(2)12-18(16-6-4-3-5-7-16)24-20(23)21-13-22-24/h3-11,13,15,18H,12H2,1-2H3. The van der Waals surface area contributed by atoms with E-state index >= 15 is 0 Å². The van der Waals surface area contributed by atoms with Gasteiger partial charge in [-0.3, -0.25) is 9.69 Å². The zero-order valence-electron chi connectivity index (χ0n) is 14.3. The van der Waals surface area contributed by atoms with Crippen molar-refractivity contribution in [2.75, 3.05) is 4.90 Å². The van der Waals surface area contributed by atoms with E-state index in [4.69, 9.17) is 0 Å². The van der Waals surface area contributed by atoms with Crippen LogP contribution in [0.4, 0.5) is 5.95 Å². The first-order valence-electron chi connectivity index (χ1n) is 8.50. The lowest BCUT2D eigenvalue weighted by Gasteiger charge is -2.37. The quantitative estimate of drug-likeness (QED) is 0.720. The van der Waals surface area contributed by atoms with Gasteiger partial charge >= 0.3 is 0 Å². The maximum absolute atomic E-state index is 13.1. The molecule has 0 bridgehead atoms. The molecule has 126 valence electrons. The summed E-state index contributed by atoms with van der Waals surface area (Å²) in [6.45, 7) is 4.08. The minimum atomic E-state index is -0.0340. The molecule has 1 aliphatic heterocycles. The highest BCUT2D eigenvalue weighted by molar-refractivity contribution is 6.05. The van der Waals surface area contributed by atoms with Crippen LogP contribution in [0.25, 0.3) is 0 Å². The van der Waals surface area contributed by atoms with Gasteiger partial charge in [-0.25, -0.2) is 4.68 Å². The lowest BCUT2D eigenvalue weighted by molar-refractivity contribution is 0.0966. The first kappa shape index (κ1) is 15.6. The van der Waals surface area contributed by atoms with Crippen molar-refractivity contribution in [3.05, 3.63) is 77.6 Å². The van der Waals surface area contributed by atoms with Gasteiger partial charge in [-0.1, -0.05) is 48.0 Å². The number of hydrogen-bond acceptors (Lipinski definition) is 3. The smallest absolute Gasteiger partial charge is 0.260 e. The Morgan fingerprint density at radius 3 is 2.52 bits per heavy atom. The van der Waals surface area contributed by atoms with Crippen LogP contribution in [-0.4, -0.2) is 26.7 Å². The fourth-order valence-corrected chi connectivity index (χ4v) is 3.44. The Morgan fingerprint density at radius 2 is 1.80 bits per heavy atom. The number of fused-ring (bicyclic) bond motifs is 1. The van der Waals surface area contributed by atoms with Crippen molar-refractivity contribution >= 4 is 11.9 Å². The first-order chi connectivity index (χ1) is 12.1. The summed E-state index contributed by atoms with van der Waals surface area (Å²) in [5.41, 5.74) is 2.99. The second kappa shape index (κ2) is 6.16. The molecule has 0 N–H and O–H groups in total. The summed E-state index contributed by atoms with van der Waals surface area (Å²) in [6, 6.07) is 18.0. The minimum Gasteiger partial charge on any atom is -0.274 e. The van der Waals surface area contributed by atoms with E-state index in [1.807, 2.05) is 54.1 Å². The van der Waals surface area contributed by atoms with E-state index in [1.54, 1.807) is 4.90 Å². The van der Waals surface area contributed by atoms with Crippen molar-refractivity contribution < 1.29 is 4.79 Å². The van der Waals surface area contributed by atoms with Gasteiger partial charge in [-0.05, 0) is 38.0 Å². The van der Waals surface area contributed by atoms with E-state index < -0.39 is 0 Å². The molecule has 4 rings (SSSR count). The molecule has 5 nitrogen and oxygen atoms in total. The van der Waals surface area contributed by atoms with Crippen LogP contribution >= 0.6 is 0 Å². The van der Waals surface area contributed by atoms with Gasteiger partial charge in [-0.2, -0.15) is 10.1 Å². The zero-order chi connectivity index (χ0) is 17.4. The summed E-state index contributed by atoms with van der Waals surface area (Å²) in [6.07, 6.45) is 2.33. The Hall–Kier alpha value is -2.95. The Morgan fingerprint density at radius 1 is 1.08 bits per heavy atom. The number of hydrogen-bond donors (Lipinski definition) is 0. The normalized spacial score (nSPS) is 19.5. The minimum absolute atomic E-state index is 0.0340. The Bertz CT molecular complexity index is 886. The highest BCUT2D eigenvalue weighted by Gasteiger charge is 2.36. The average molecular weight is 332 g/mol. The van der Waals surface area contributed by atoms with E-state index in [0.717, 1.165) is 12.0 Å². The fraction of sp³-hybridized carbons (Fsp3) is 0.250. The third kappa shape index (κ3) is 2.71. The number of rotatable bonds is 2. The zero-order valence-corrected chi connectivity index (χ0v) is 14.3. The third-order valence-corrected chi connectivity index (χ3v) is 4.77. The number of amides is 1. The molecule has 2 aromatic carbocycles. The molecule has 2 unspecified atom stereocenters. The molecule has 0 saturated carbocycles. The van der Waals surface area contributed by atoms with Gasteiger partial charge in [0.1, 0.15) is 6.33 Å². The molecule has 1 aliphatic rings. The number of aromatic nitrogens is 3. The molecular formula is C20H20N4O. The molecule has 1 amide bonds. The molecule has 0 radical (unpaired) electrons. The molecule has 0 spiro atoms. The van der Waals surface area contributed by atoms with Crippen molar-refractivity contribution in [2.24, 2.45) is 0 Å². The molecule has 2 heterocycles. The van der Waals surface area contributed by atoms with Crippen LogP contribution in [0.3, 0.4) is 0 Å². The summed E-state index contributed by atoms with van der Waals surface area (Å²) >= 11 is 0. The van der Waals surface area contributed by atoms with Crippen LogP contribution in [0.1, 0.15) is 40.9 Å². The summed E-state index contributed by atoms with van der Waals surface area (Å²) < 4.78 is 1.86. The summed E-state index contributed by atoms with van der Waals surface area (Å²) in [7, 11) is 0. The highest BCUT2D eigenvalue weighted by atomic mass is 16.2. The van der Waals surface area contributed by atoms with Crippen LogP contribution in [0.15, 0.2) is 60.9 Å². The monoisotopic (exact) mass is 332 g/mol. The predicted molar refractivity (Wildman–Crippen MR) is 96.7 cm³/mol. The SMILES string of the molecule is Cc1ccc(C(=O)N2c3ncnn3C(c3ccccc3)CC2C)cc1. The number of carbonyl (C=O) groups excluding carboxylic acids is 1. The maximum atomic E-state index is 13.1. The molecule has 3 aromatic rings. The Labute approximate surface area is 146 Å². The van der Waals surface area contributed by atoms with Gasteiger partial charge in [0.25, 0.3) is 5.91 Å². The van der Waals surface area contributed by atoms with Crippen molar-refractivity contribution in [2.45, 2.75) is 32.4 Å². The lowest BCUT2D eigenvalue weighted by Crippen LogP contribution is -2.46. The fourth-order valence-electron chi connectivity index (χ4n) is 3.44. The third-order valence-electron chi connectivity index (χ3n) is 4.77. The number of carbonyl (C=O) groups is 1. The molecule has 5 heteroatoms. The largest absolute Gasteiger partial charge is 0.274 e. The second-order valence-corrected chi connectivity index (χ2v) is 6.56. The van der Waals surface area contributed by atoms with Crippen molar-refractivity contribution in [1.82, 2.24) is 14.8 Å².